The number of hydrogen-bond donors (Lipinski definition) is 2. The number of rotatable bonds is 5. The molecule has 3 N–H and O–H groups in total. The molecular formula is C12H17N3OS. The van der Waals surface area contributed by atoms with Crippen LogP contribution >= 0.6 is 12.2 Å². The monoisotopic (exact) mass is 251 g/mol. The second-order valence-corrected chi connectivity index (χ2v) is 4.05. The highest BCUT2D eigenvalue weighted by atomic mass is 32.1. The maximum Gasteiger partial charge on any atom is 0.184 e. The van der Waals surface area contributed by atoms with Crippen molar-refractivity contribution in [3.63, 3.8) is 0 Å². The van der Waals surface area contributed by atoms with Crippen LogP contribution in [0, 0.1) is 6.92 Å². The molecule has 0 aliphatic heterocycles. The van der Waals surface area contributed by atoms with E-state index in [0.29, 0.717) is 6.61 Å². The van der Waals surface area contributed by atoms with Crippen LogP contribution in [-0.4, -0.2) is 17.9 Å². The molecule has 0 amide bonds. The van der Waals surface area contributed by atoms with Crippen molar-refractivity contribution in [3.8, 4) is 5.75 Å². The molecule has 0 radical (unpaired) electrons. The molecule has 0 fully saturated rings. The van der Waals surface area contributed by atoms with Crippen molar-refractivity contribution in [2.24, 2.45) is 10.8 Å². The van der Waals surface area contributed by atoms with Crippen molar-refractivity contribution in [1.82, 2.24) is 5.43 Å². The number of aryl methyl sites for hydroxylation is 1. The van der Waals surface area contributed by atoms with Gasteiger partial charge in [-0.05, 0) is 42.8 Å². The number of ether oxygens (including phenoxy) is 1. The Labute approximate surface area is 107 Å². The summed E-state index contributed by atoms with van der Waals surface area (Å²) in [5, 5.41) is 4.04. The van der Waals surface area contributed by atoms with Crippen LogP contribution in [0.25, 0.3) is 0 Å². The van der Waals surface area contributed by atoms with E-state index < -0.39 is 0 Å². The molecular weight excluding hydrogens is 234 g/mol. The molecule has 1 rings (SSSR count). The van der Waals surface area contributed by atoms with Gasteiger partial charge >= 0.3 is 0 Å². The lowest BCUT2D eigenvalue weighted by Gasteiger charge is -2.08. The fourth-order valence-corrected chi connectivity index (χ4v) is 1.29. The number of benzene rings is 1. The van der Waals surface area contributed by atoms with Gasteiger partial charge in [-0.1, -0.05) is 19.1 Å². The zero-order valence-electron chi connectivity index (χ0n) is 10.1. The highest BCUT2D eigenvalue weighted by Gasteiger charge is 1.99. The molecule has 17 heavy (non-hydrogen) atoms. The van der Waals surface area contributed by atoms with Gasteiger partial charge in [-0.3, -0.25) is 5.43 Å². The highest BCUT2D eigenvalue weighted by molar-refractivity contribution is 7.80. The SMILES string of the molecule is CCCOc1cc(C=NNC(N)=S)ccc1C. The average Bonchev–Trinajstić information content (AvgIpc) is 2.29. The van der Waals surface area contributed by atoms with E-state index in [0.717, 1.165) is 23.3 Å². The van der Waals surface area contributed by atoms with E-state index in [9.17, 15) is 0 Å². The van der Waals surface area contributed by atoms with Gasteiger partial charge in [-0.2, -0.15) is 5.10 Å². The lowest BCUT2D eigenvalue weighted by Crippen LogP contribution is -2.23. The van der Waals surface area contributed by atoms with Crippen molar-refractivity contribution < 1.29 is 4.74 Å². The van der Waals surface area contributed by atoms with Crippen LogP contribution in [0.3, 0.4) is 0 Å². The topological polar surface area (TPSA) is 59.6 Å². The van der Waals surface area contributed by atoms with Crippen LogP contribution in [0.4, 0.5) is 0 Å². The number of hydrazone groups is 1. The minimum atomic E-state index is 0.149. The largest absolute Gasteiger partial charge is 0.493 e. The molecule has 0 heterocycles. The van der Waals surface area contributed by atoms with E-state index in [2.05, 4.69) is 29.7 Å². The molecule has 0 unspecified atom stereocenters. The summed E-state index contributed by atoms with van der Waals surface area (Å²) in [7, 11) is 0. The fourth-order valence-electron chi connectivity index (χ4n) is 1.23. The molecule has 0 aliphatic rings. The average molecular weight is 251 g/mol. The zero-order valence-corrected chi connectivity index (χ0v) is 10.9. The molecule has 0 saturated heterocycles. The van der Waals surface area contributed by atoms with Crippen LogP contribution in [0.2, 0.25) is 0 Å². The van der Waals surface area contributed by atoms with E-state index in [1.54, 1.807) is 6.21 Å². The summed E-state index contributed by atoms with van der Waals surface area (Å²) in [4.78, 5) is 0. The Morgan fingerprint density at radius 2 is 2.35 bits per heavy atom. The van der Waals surface area contributed by atoms with Gasteiger partial charge in [-0.15, -0.1) is 0 Å². The van der Waals surface area contributed by atoms with Crippen molar-refractivity contribution in [3.05, 3.63) is 29.3 Å². The highest BCUT2D eigenvalue weighted by Crippen LogP contribution is 2.18. The van der Waals surface area contributed by atoms with Crippen molar-refractivity contribution in [2.45, 2.75) is 20.3 Å². The molecule has 1 aromatic carbocycles. The standard InChI is InChI=1S/C12H17N3OS/c1-3-6-16-11-7-10(5-4-9(11)2)8-14-15-12(13)17/h4-5,7-8H,3,6H2,1-2H3,(H3,13,15,17). The van der Waals surface area contributed by atoms with Gasteiger partial charge in [0.1, 0.15) is 5.75 Å². The van der Waals surface area contributed by atoms with Gasteiger partial charge < -0.3 is 10.5 Å². The van der Waals surface area contributed by atoms with E-state index in [4.69, 9.17) is 10.5 Å². The number of thiocarbonyl (C=S) groups is 1. The van der Waals surface area contributed by atoms with Gasteiger partial charge in [-0.25, -0.2) is 0 Å². The Morgan fingerprint density at radius 1 is 1.59 bits per heavy atom. The second-order valence-electron chi connectivity index (χ2n) is 3.61. The summed E-state index contributed by atoms with van der Waals surface area (Å²) in [6, 6.07) is 5.89. The summed E-state index contributed by atoms with van der Waals surface area (Å²) < 4.78 is 5.62. The quantitative estimate of drug-likeness (QED) is 0.477. The summed E-state index contributed by atoms with van der Waals surface area (Å²) in [6.07, 6.45) is 2.64. The van der Waals surface area contributed by atoms with E-state index in [1.807, 2.05) is 25.1 Å². The Kier molecular flexibility index (Phi) is 5.42. The van der Waals surface area contributed by atoms with E-state index in [1.165, 1.54) is 0 Å². The Hall–Kier alpha value is -1.62. The first-order chi connectivity index (χ1) is 8.13. The summed E-state index contributed by atoms with van der Waals surface area (Å²) in [5.41, 5.74) is 9.81. The van der Waals surface area contributed by atoms with Crippen LogP contribution in [0.1, 0.15) is 24.5 Å². The molecule has 0 aliphatic carbocycles. The van der Waals surface area contributed by atoms with Crippen LogP contribution in [0.5, 0.6) is 5.75 Å². The number of nitrogens with zero attached hydrogens (tertiary/aromatic N) is 1. The maximum atomic E-state index is 5.62. The molecule has 0 saturated carbocycles. The second kappa shape index (κ2) is 6.85. The molecule has 0 aromatic heterocycles. The van der Waals surface area contributed by atoms with Gasteiger partial charge in [0.25, 0.3) is 0 Å². The van der Waals surface area contributed by atoms with Gasteiger partial charge in [0.2, 0.25) is 0 Å². The number of hydrogen-bond acceptors (Lipinski definition) is 3. The minimum Gasteiger partial charge on any atom is -0.493 e. The van der Waals surface area contributed by atoms with Crippen LogP contribution < -0.4 is 15.9 Å². The summed E-state index contributed by atoms with van der Waals surface area (Å²) in [5.74, 6) is 0.881. The lowest BCUT2D eigenvalue weighted by molar-refractivity contribution is 0.315. The van der Waals surface area contributed by atoms with E-state index in [-0.39, 0.29) is 5.11 Å². The van der Waals surface area contributed by atoms with Gasteiger partial charge in [0.05, 0.1) is 12.8 Å². The van der Waals surface area contributed by atoms with Crippen molar-refractivity contribution >= 4 is 23.5 Å². The molecule has 0 bridgehead atoms. The van der Waals surface area contributed by atoms with Crippen molar-refractivity contribution in [1.29, 1.82) is 0 Å². The van der Waals surface area contributed by atoms with Gasteiger partial charge in [0, 0.05) is 0 Å². The van der Waals surface area contributed by atoms with Gasteiger partial charge in [0.15, 0.2) is 5.11 Å². The zero-order chi connectivity index (χ0) is 12.7. The Bertz CT molecular complexity index is 418. The molecule has 0 spiro atoms. The Morgan fingerprint density at radius 3 is 3.00 bits per heavy atom. The molecule has 0 atom stereocenters. The minimum absolute atomic E-state index is 0.149. The first kappa shape index (κ1) is 13.4. The van der Waals surface area contributed by atoms with Crippen molar-refractivity contribution in [2.75, 3.05) is 6.61 Å². The lowest BCUT2D eigenvalue weighted by atomic mass is 10.1. The smallest absolute Gasteiger partial charge is 0.184 e. The third-order valence-electron chi connectivity index (χ3n) is 2.06. The molecule has 92 valence electrons. The molecule has 1 aromatic rings. The first-order valence-corrected chi connectivity index (χ1v) is 5.86. The van der Waals surface area contributed by atoms with E-state index >= 15 is 0 Å². The van der Waals surface area contributed by atoms with Crippen LogP contribution in [-0.2, 0) is 0 Å². The number of nitrogens with one attached hydrogen (secondary N) is 1. The Balaban J connectivity index is 2.73. The fraction of sp³-hybridized carbons (Fsp3) is 0.333. The molecule has 4 nitrogen and oxygen atoms in total. The van der Waals surface area contributed by atoms with Crippen LogP contribution in [0.15, 0.2) is 23.3 Å². The summed E-state index contributed by atoms with van der Waals surface area (Å²) in [6.45, 7) is 4.80. The molecule has 5 heteroatoms. The summed E-state index contributed by atoms with van der Waals surface area (Å²) >= 11 is 4.64. The normalized spacial score (nSPS) is 10.5. The third kappa shape index (κ3) is 4.82. The maximum absolute atomic E-state index is 5.62. The third-order valence-corrected chi connectivity index (χ3v) is 2.15. The number of nitrogens with two attached hydrogens (primary N) is 1. The predicted molar refractivity (Wildman–Crippen MR) is 74.5 cm³/mol. The first-order valence-electron chi connectivity index (χ1n) is 5.45. The predicted octanol–water partition coefficient (Wildman–Crippen LogP) is 1.95.